The van der Waals surface area contributed by atoms with E-state index in [9.17, 15) is 4.79 Å². The number of likely N-dealkylation sites (N-methyl/N-ethyl adjacent to an activating group) is 1. The highest BCUT2D eigenvalue weighted by atomic mass is 16.2. The van der Waals surface area contributed by atoms with Crippen molar-refractivity contribution in [1.29, 1.82) is 0 Å². The van der Waals surface area contributed by atoms with Gasteiger partial charge in [-0.2, -0.15) is 0 Å². The van der Waals surface area contributed by atoms with Crippen LogP contribution in [-0.2, 0) is 24.3 Å². The van der Waals surface area contributed by atoms with Gasteiger partial charge in [-0.1, -0.05) is 61.5 Å². The Bertz CT molecular complexity index is 578. The summed E-state index contributed by atoms with van der Waals surface area (Å²) >= 11 is 0. The van der Waals surface area contributed by atoms with Crippen molar-refractivity contribution >= 4 is 5.91 Å². The van der Waals surface area contributed by atoms with Crippen LogP contribution in [0.25, 0.3) is 0 Å². The maximum atomic E-state index is 12.0. The lowest BCUT2D eigenvalue weighted by molar-refractivity contribution is -0.122. The highest BCUT2D eigenvalue weighted by Gasteiger charge is 2.07. The Morgan fingerprint density at radius 3 is 2.23 bits per heavy atom. The Morgan fingerprint density at radius 2 is 1.59 bits per heavy atom. The first-order valence-corrected chi connectivity index (χ1v) is 7.74. The average molecular weight is 296 g/mol. The molecule has 0 atom stereocenters. The molecular weight excluding hydrogens is 272 g/mol. The zero-order chi connectivity index (χ0) is 15.8. The Labute approximate surface area is 133 Å². The van der Waals surface area contributed by atoms with Gasteiger partial charge in [0.05, 0.1) is 6.54 Å². The summed E-state index contributed by atoms with van der Waals surface area (Å²) in [5.41, 5.74) is 3.69. The molecule has 0 saturated carbocycles. The van der Waals surface area contributed by atoms with E-state index < -0.39 is 0 Å². The molecule has 3 nitrogen and oxygen atoms in total. The molecule has 116 valence electrons. The molecule has 0 radical (unpaired) electrons. The lowest BCUT2D eigenvalue weighted by Gasteiger charge is -2.16. The molecule has 0 fully saturated rings. The predicted octanol–water partition coefficient (Wildman–Crippen LogP) is 3.00. The molecule has 1 N–H and O–H groups in total. The number of carbonyl (C=O) groups is 1. The number of carbonyl (C=O) groups excluding carboxylic acids is 1. The highest BCUT2D eigenvalue weighted by Crippen LogP contribution is 2.07. The van der Waals surface area contributed by atoms with Gasteiger partial charge in [0.15, 0.2) is 0 Å². The Hall–Kier alpha value is -2.13. The van der Waals surface area contributed by atoms with Gasteiger partial charge in [0, 0.05) is 13.1 Å². The lowest BCUT2D eigenvalue weighted by Crippen LogP contribution is -2.34. The van der Waals surface area contributed by atoms with Gasteiger partial charge in [-0.15, -0.1) is 0 Å². The third-order valence-corrected chi connectivity index (χ3v) is 3.63. The van der Waals surface area contributed by atoms with E-state index in [4.69, 9.17) is 0 Å². The summed E-state index contributed by atoms with van der Waals surface area (Å²) in [5.74, 6) is 0.0523. The first kappa shape index (κ1) is 16.2. The molecule has 0 aliphatic rings. The van der Waals surface area contributed by atoms with Crippen molar-refractivity contribution in [2.75, 3.05) is 13.6 Å². The number of benzene rings is 2. The Balaban J connectivity index is 1.75. The first-order valence-electron chi connectivity index (χ1n) is 7.74. The van der Waals surface area contributed by atoms with E-state index in [0.29, 0.717) is 13.1 Å². The van der Waals surface area contributed by atoms with E-state index in [0.717, 1.165) is 18.5 Å². The zero-order valence-corrected chi connectivity index (χ0v) is 13.4. The van der Waals surface area contributed by atoms with E-state index in [1.807, 2.05) is 42.3 Å². The van der Waals surface area contributed by atoms with Crippen molar-refractivity contribution < 1.29 is 4.79 Å². The number of amides is 1. The molecule has 0 aliphatic carbocycles. The molecule has 2 rings (SSSR count). The predicted molar refractivity (Wildman–Crippen MR) is 90.4 cm³/mol. The SMILES string of the molecule is CCc1ccc(CN(C)CC(=O)NCc2ccccc2)cc1. The summed E-state index contributed by atoms with van der Waals surface area (Å²) in [4.78, 5) is 14.0. The molecule has 2 aromatic rings. The summed E-state index contributed by atoms with van der Waals surface area (Å²) in [7, 11) is 1.97. The normalized spacial score (nSPS) is 10.7. The minimum Gasteiger partial charge on any atom is -0.351 e. The van der Waals surface area contributed by atoms with Gasteiger partial charge in [-0.05, 0) is 30.2 Å². The van der Waals surface area contributed by atoms with Gasteiger partial charge < -0.3 is 5.32 Å². The van der Waals surface area contributed by atoms with Crippen molar-refractivity contribution in [3.8, 4) is 0 Å². The van der Waals surface area contributed by atoms with Crippen LogP contribution in [0.5, 0.6) is 0 Å². The fourth-order valence-electron chi connectivity index (χ4n) is 2.35. The molecular formula is C19H24N2O. The van der Waals surface area contributed by atoms with E-state index in [2.05, 4.69) is 36.5 Å². The van der Waals surface area contributed by atoms with E-state index in [1.54, 1.807) is 0 Å². The number of aryl methyl sites for hydroxylation is 1. The smallest absolute Gasteiger partial charge is 0.234 e. The van der Waals surface area contributed by atoms with E-state index in [-0.39, 0.29) is 5.91 Å². The molecule has 0 unspecified atom stereocenters. The molecule has 0 aliphatic heterocycles. The highest BCUT2D eigenvalue weighted by molar-refractivity contribution is 5.77. The second-order valence-corrected chi connectivity index (χ2v) is 5.60. The molecule has 0 saturated heterocycles. The largest absolute Gasteiger partial charge is 0.351 e. The molecule has 0 bridgehead atoms. The maximum absolute atomic E-state index is 12.0. The van der Waals surface area contributed by atoms with Gasteiger partial charge in [-0.3, -0.25) is 9.69 Å². The van der Waals surface area contributed by atoms with Crippen LogP contribution in [-0.4, -0.2) is 24.4 Å². The summed E-state index contributed by atoms with van der Waals surface area (Å²) in [5, 5.41) is 2.95. The molecule has 22 heavy (non-hydrogen) atoms. The van der Waals surface area contributed by atoms with Crippen LogP contribution in [0.3, 0.4) is 0 Å². The van der Waals surface area contributed by atoms with Crippen LogP contribution in [0.1, 0.15) is 23.6 Å². The van der Waals surface area contributed by atoms with Crippen molar-refractivity contribution in [3.05, 3.63) is 71.3 Å². The van der Waals surface area contributed by atoms with Gasteiger partial charge in [0.1, 0.15) is 0 Å². The second-order valence-electron chi connectivity index (χ2n) is 5.60. The molecule has 0 spiro atoms. The first-order chi connectivity index (χ1) is 10.7. The summed E-state index contributed by atoms with van der Waals surface area (Å²) < 4.78 is 0. The van der Waals surface area contributed by atoms with Crippen LogP contribution < -0.4 is 5.32 Å². The van der Waals surface area contributed by atoms with Crippen LogP contribution in [0.4, 0.5) is 0 Å². The van der Waals surface area contributed by atoms with Crippen molar-refractivity contribution in [2.24, 2.45) is 0 Å². The second kappa shape index (κ2) is 8.35. The quantitative estimate of drug-likeness (QED) is 0.852. The van der Waals surface area contributed by atoms with Gasteiger partial charge in [0.2, 0.25) is 5.91 Å². The van der Waals surface area contributed by atoms with Crippen molar-refractivity contribution in [1.82, 2.24) is 10.2 Å². The topological polar surface area (TPSA) is 32.3 Å². The van der Waals surface area contributed by atoms with Gasteiger partial charge in [0.25, 0.3) is 0 Å². The summed E-state index contributed by atoms with van der Waals surface area (Å²) in [6, 6.07) is 18.5. The number of nitrogens with zero attached hydrogens (tertiary/aromatic N) is 1. The minimum absolute atomic E-state index is 0.0523. The number of nitrogens with one attached hydrogen (secondary N) is 1. The third kappa shape index (κ3) is 5.34. The van der Waals surface area contributed by atoms with Gasteiger partial charge >= 0.3 is 0 Å². The Kier molecular flexibility index (Phi) is 6.16. The number of hydrogen-bond donors (Lipinski definition) is 1. The average Bonchev–Trinajstić information content (AvgIpc) is 2.54. The van der Waals surface area contributed by atoms with Crippen LogP contribution >= 0.6 is 0 Å². The van der Waals surface area contributed by atoms with E-state index >= 15 is 0 Å². The zero-order valence-electron chi connectivity index (χ0n) is 13.4. The molecule has 3 heteroatoms. The van der Waals surface area contributed by atoms with Crippen molar-refractivity contribution in [2.45, 2.75) is 26.4 Å². The fourth-order valence-corrected chi connectivity index (χ4v) is 2.35. The van der Waals surface area contributed by atoms with Crippen molar-refractivity contribution in [3.63, 3.8) is 0 Å². The summed E-state index contributed by atoms with van der Waals surface area (Å²) in [6.07, 6.45) is 1.05. The van der Waals surface area contributed by atoms with Crippen LogP contribution in [0, 0.1) is 0 Å². The maximum Gasteiger partial charge on any atom is 0.234 e. The summed E-state index contributed by atoms with van der Waals surface area (Å²) in [6.45, 7) is 3.92. The minimum atomic E-state index is 0.0523. The monoisotopic (exact) mass is 296 g/mol. The van der Waals surface area contributed by atoms with Crippen LogP contribution in [0.2, 0.25) is 0 Å². The van der Waals surface area contributed by atoms with Crippen LogP contribution in [0.15, 0.2) is 54.6 Å². The standard InChI is InChI=1S/C19H24N2O/c1-3-16-9-11-18(12-10-16)14-21(2)15-19(22)20-13-17-7-5-4-6-8-17/h4-12H,3,13-15H2,1-2H3,(H,20,22). The fraction of sp³-hybridized carbons (Fsp3) is 0.316. The molecule has 2 aromatic carbocycles. The molecule has 0 aromatic heterocycles. The molecule has 0 heterocycles. The molecule has 1 amide bonds. The Morgan fingerprint density at radius 1 is 0.955 bits per heavy atom. The lowest BCUT2D eigenvalue weighted by atomic mass is 10.1. The number of hydrogen-bond acceptors (Lipinski definition) is 2. The number of rotatable bonds is 7. The van der Waals surface area contributed by atoms with Gasteiger partial charge in [-0.25, -0.2) is 0 Å². The third-order valence-electron chi connectivity index (χ3n) is 3.63. The van der Waals surface area contributed by atoms with E-state index in [1.165, 1.54) is 11.1 Å².